The van der Waals surface area contributed by atoms with E-state index < -0.39 is 124 Å². The van der Waals surface area contributed by atoms with Crippen molar-refractivity contribution in [1.29, 1.82) is 0 Å². The van der Waals surface area contributed by atoms with Gasteiger partial charge in [-0.25, -0.2) is 0 Å². The van der Waals surface area contributed by atoms with E-state index in [1.165, 1.54) is 0 Å². The van der Waals surface area contributed by atoms with Crippen molar-refractivity contribution in [2.45, 2.75) is 234 Å². The van der Waals surface area contributed by atoms with Crippen molar-refractivity contribution in [3.8, 4) is 0 Å². The molecule has 420 valence electrons. The third-order valence-corrected chi connectivity index (χ3v) is 12.9. The number of ether oxygens (including phenoxy) is 6. The average Bonchev–Trinajstić information content (AvgIpc) is 3.39. The van der Waals surface area contributed by atoms with Crippen molar-refractivity contribution < 1.29 is 89.4 Å². The first-order valence-electron chi connectivity index (χ1n) is 26.7. The monoisotopic (exact) mass is 1040 g/mol. The zero-order chi connectivity index (χ0) is 53.4. The molecule has 1 amide bonds. The van der Waals surface area contributed by atoms with Gasteiger partial charge in [0.1, 0.15) is 73.2 Å². The Labute approximate surface area is 432 Å². The normalized spacial score (nSPS) is 32.3. The van der Waals surface area contributed by atoms with Crippen LogP contribution in [0.15, 0.2) is 72.9 Å². The van der Waals surface area contributed by atoms with Crippen LogP contribution in [0.4, 0.5) is 0 Å². The van der Waals surface area contributed by atoms with Gasteiger partial charge >= 0.3 is 0 Å². The first-order chi connectivity index (χ1) is 35.3. The molecule has 12 N–H and O–H groups in total. The molecule has 17 atom stereocenters. The molecule has 3 fully saturated rings. The number of allylic oxidation sites excluding steroid dienone is 11. The van der Waals surface area contributed by atoms with Gasteiger partial charge in [0.25, 0.3) is 0 Å². The number of aliphatic hydroxyl groups excluding tert-OH is 11. The van der Waals surface area contributed by atoms with Crippen LogP contribution < -0.4 is 5.32 Å². The molecule has 17 unspecified atom stereocenters. The zero-order valence-electron chi connectivity index (χ0n) is 43.1. The van der Waals surface area contributed by atoms with Gasteiger partial charge in [-0.05, 0) is 70.6 Å². The van der Waals surface area contributed by atoms with Gasteiger partial charge in [-0.15, -0.1) is 0 Å². The summed E-state index contributed by atoms with van der Waals surface area (Å²) >= 11 is 0. The van der Waals surface area contributed by atoms with Gasteiger partial charge in [0, 0.05) is 6.42 Å². The summed E-state index contributed by atoms with van der Waals surface area (Å²) in [5.41, 5.74) is 0. The van der Waals surface area contributed by atoms with Crippen LogP contribution in [0, 0.1) is 0 Å². The second-order valence-electron chi connectivity index (χ2n) is 18.9. The highest BCUT2D eigenvalue weighted by atomic mass is 16.8. The molecular weight excluding hydrogens is 951 g/mol. The van der Waals surface area contributed by atoms with E-state index in [1.807, 2.05) is 0 Å². The van der Waals surface area contributed by atoms with E-state index in [9.17, 15) is 61.0 Å². The van der Waals surface area contributed by atoms with Crippen LogP contribution in [0.25, 0.3) is 0 Å². The van der Waals surface area contributed by atoms with Gasteiger partial charge in [0.2, 0.25) is 5.91 Å². The van der Waals surface area contributed by atoms with Gasteiger partial charge in [-0.2, -0.15) is 0 Å². The molecule has 19 heteroatoms. The molecule has 73 heavy (non-hydrogen) atoms. The van der Waals surface area contributed by atoms with Crippen molar-refractivity contribution in [1.82, 2.24) is 5.32 Å². The third kappa shape index (κ3) is 23.2. The number of hydrogen-bond acceptors (Lipinski definition) is 18. The molecule has 3 rings (SSSR count). The fourth-order valence-corrected chi connectivity index (χ4v) is 8.54. The Balaban J connectivity index is 1.55. The minimum Gasteiger partial charge on any atom is -0.394 e. The largest absolute Gasteiger partial charge is 0.394 e. The smallest absolute Gasteiger partial charge is 0.220 e. The molecule has 0 bridgehead atoms. The number of rotatable bonds is 36. The standard InChI is InChI=1S/C54H91NO18/c1-3-5-7-9-11-13-15-16-17-18-19-20-22-24-26-28-30-32-42(60)55-37(38(59)31-29-27-25-23-21-14-12-10-8-6-4-2)36-68-52-48(66)45(63)50(40(34-57)70-52)73-54-49(67)46(64)51(41(35-58)71-54)72-53-47(65)44(62)43(61)39(33-56)69-53/h5,7-8,10-11,13,16-17,21,23,29,31,37-41,43-54,56-59,61-67H,3-4,6,9,12,14-15,18-20,22,24-28,30,32-36H2,1-2H3,(H,55,60)/b7-5-,10-8+,13-11-,17-16-,23-21+,31-29+. The molecular formula is C54H91NO18. The van der Waals surface area contributed by atoms with Crippen LogP contribution in [0.3, 0.4) is 0 Å². The van der Waals surface area contributed by atoms with Gasteiger partial charge < -0.3 is 89.9 Å². The summed E-state index contributed by atoms with van der Waals surface area (Å²) in [6.45, 7) is 1.45. The topological polar surface area (TPSA) is 307 Å². The molecule has 3 saturated heterocycles. The van der Waals surface area contributed by atoms with Crippen LogP contribution in [-0.2, 0) is 33.2 Å². The summed E-state index contributed by atoms with van der Waals surface area (Å²) in [6.07, 6.45) is 14.8. The molecule has 0 aromatic heterocycles. The average molecular weight is 1040 g/mol. The minimum absolute atomic E-state index is 0.216. The lowest BCUT2D eigenvalue weighted by Crippen LogP contribution is -2.66. The first kappa shape index (κ1) is 64.5. The lowest BCUT2D eigenvalue weighted by Gasteiger charge is -2.48. The van der Waals surface area contributed by atoms with Crippen LogP contribution in [0.2, 0.25) is 0 Å². The second-order valence-corrected chi connectivity index (χ2v) is 18.9. The van der Waals surface area contributed by atoms with Gasteiger partial charge in [-0.3, -0.25) is 4.79 Å². The lowest BCUT2D eigenvalue weighted by molar-refractivity contribution is -0.379. The van der Waals surface area contributed by atoms with Crippen molar-refractivity contribution in [3.05, 3.63) is 72.9 Å². The van der Waals surface area contributed by atoms with Crippen LogP contribution in [-0.4, -0.2) is 193 Å². The fraction of sp³-hybridized carbons (Fsp3) is 0.759. The van der Waals surface area contributed by atoms with Crippen molar-refractivity contribution in [2.75, 3.05) is 26.4 Å². The molecule has 3 aliphatic heterocycles. The Bertz CT molecular complexity index is 1620. The maximum absolute atomic E-state index is 13.2. The van der Waals surface area contributed by atoms with Crippen LogP contribution in [0.5, 0.6) is 0 Å². The summed E-state index contributed by atoms with van der Waals surface area (Å²) in [6, 6.07) is -1.00. The minimum atomic E-state index is -1.98. The summed E-state index contributed by atoms with van der Waals surface area (Å²) in [7, 11) is 0. The van der Waals surface area contributed by atoms with E-state index >= 15 is 0 Å². The summed E-state index contributed by atoms with van der Waals surface area (Å²) in [5.74, 6) is -0.307. The van der Waals surface area contributed by atoms with E-state index in [0.717, 1.165) is 96.3 Å². The molecule has 0 aromatic rings. The summed E-state index contributed by atoms with van der Waals surface area (Å²) < 4.78 is 34.1. The number of nitrogens with one attached hydrogen (secondary N) is 1. The quantitative estimate of drug-likeness (QED) is 0.0317. The maximum atomic E-state index is 13.2. The SMILES string of the molecule is CC/C=C\C/C=C\C/C=C\CCCCCCCCCC(=O)NC(COC1OC(CO)C(OC2OC(CO)C(OC3OC(CO)C(O)C(O)C3O)C(O)C2O)C(O)C1O)C(O)/C=C/CC/C=C/CC/C=C/CCC. The number of unbranched alkanes of at least 4 members (excludes halogenated alkanes) is 10. The van der Waals surface area contributed by atoms with Crippen LogP contribution >= 0.6 is 0 Å². The molecule has 0 saturated carbocycles. The number of amides is 1. The number of carbonyl (C=O) groups is 1. The van der Waals surface area contributed by atoms with E-state index in [2.05, 4.69) is 79.9 Å². The third-order valence-electron chi connectivity index (χ3n) is 12.9. The molecule has 0 aromatic carbocycles. The first-order valence-corrected chi connectivity index (χ1v) is 26.7. The second kappa shape index (κ2) is 37.9. The number of aliphatic hydroxyl groups is 11. The predicted molar refractivity (Wildman–Crippen MR) is 272 cm³/mol. The van der Waals surface area contributed by atoms with E-state index in [-0.39, 0.29) is 18.9 Å². The van der Waals surface area contributed by atoms with Crippen molar-refractivity contribution in [3.63, 3.8) is 0 Å². The van der Waals surface area contributed by atoms with E-state index in [1.54, 1.807) is 12.2 Å². The summed E-state index contributed by atoms with van der Waals surface area (Å²) in [4.78, 5) is 13.2. The van der Waals surface area contributed by atoms with E-state index in [0.29, 0.717) is 12.8 Å². The van der Waals surface area contributed by atoms with Crippen molar-refractivity contribution >= 4 is 5.91 Å². The Hall–Kier alpha value is -2.77. The molecule has 3 heterocycles. The highest BCUT2D eigenvalue weighted by molar-refractivity contribution is 5.76. The van der Waals surface area contributed by atoms with Gasteiger partial charge in [-0.1, -0.05) is 125 Å². The van der Waals surface area contributed by atoms with E-state index in [4.69, 9.17) is 28.4 Å². The van der Waals surface area contributed by atoms with Gasteiger partial charge in [0.05, 0.1) is 38.6 Å². The Morgan fingerprint density at radius 1 is 0.507 bits per heavy atom. The Kier molecular flexibility index (Phi) is 33.5. The number of hydrogen-bond donors (Lipinski definition) is 12. The lowest BCUT2D eigenvalue weighted by atomic mass is 9.96. The molecule has 0 spiro atoms. The highest BCUT2D eigenvalue weighted by Crippen LogP contribution is 2.33. The van der Waals surface area contributed by atoms with Crippen molar-refractivity contribution in [2.24, 2.45) is 0 Å². The summed E-state index contributed by atoms with van der Waals surface area (Å²) in [5, 5.41) is 120. The molecule has 19 nitrogen and oxygen atoms in total. The Morgan fingerprint density at radius 2 is 0.959 bits per heavy atom. The van der Waals surface area contributed by atoms with Crippen LogP contribution in [0.1, 0.15) is 129 Å². The Morgan fingerprint density at radius 3 is 1.52 bits per heavy atom. The zero-order valence-corrected chi connectivity index (χ0v) is 43.1. The molecule has 3 aliphatic rings. The fourth-order valence-electron chi connectivity index (χ4n) is 8.54. The number of carbonyl (C=O) groups excluding carboxylic acids is 1. The molecule has 0 aliphatic carbocycles. The predicted octanol–water partition coefficient (Wildman–Crippen LogP) is 2.70. The maximum Gasteiger partial charge on any atom is 0.220 e. The van der Waals surface area contributed by atoms with Gasteiger partial charge in [0.15, 0.2) is 18.9 Å². The molecule has 0 radical (unpaired) electrons. The highest BCUT2D eigenvalue weighted by Gasteiger charge is 2.53.